The van der Waals surface area contributed by atoms with Gasteiger partial charge in [-0.15, -0.1) is 0 Å². The SMILES string of the molecule is CCCOc1cccnc1.N. The minimum Gasteiger partial charge on any atom is -0.492 e. The Morgan fingerprint density at radius 3 is 2.91 bits per heavy atom. The Bertz CT molecular complexity index is 177. The first-order valence-corrected chi connectivity index (χ1v) is 3.46. The number of hydrogen-bond donors (Lipinski definition) is 1. The fraction of sp³-hybridized carbons (Fsp3) is 0.375. The van der Waals surface area contributed by atoms with E-state index in [2.05, 4.69) is 11.9 Å². The third kappa shape index (κ3) is 3.57. The second-order valence-corrected chi connectivity index (χ2v) is 2.04. The molecule has 0 aromatic carbocycles. The molecule has 3 N–H and O–H groups in total. The molecule has 1 aromatic rings. The minimum absolute atomic E-state index is 0. The number of nitrogens with zero attached hydrogens (tertiary/aromatic N) is 1. The van der Waals surface area contributed by atoms with Crippen LogP contribution in [0.25, 0.3) is 0 Å². The van der Waals surface area contributed by atoms with Gasteiger partial charge in [0.25, 0.3) is 0 Å². The summed E-state index contributed by atoms with van der Waals surface area (Å²) in [5, 5.41) is 0. The Morgan fingerprint density at radius 1 is 1.55 bits per heavy atom. The summed E-state index contributed by atoms with van der Waals surface area (Å²) in [6.07, 6.45) is 4.49. The van der Waals surface area contributed by atoms with Crippen molar-refractivity contribution in [3.05, 3.63) is 24.5 Å². The van der Waals surface area contributed by atoms with Gasteiger partial charge in [-0.1, -0.05) is 6.92 Å². The summed E-state index contributed by atoms with van der Waals surface area (Å²) in [6, 6.07) is 3.77. The molecule has 11 heavy (non-hydrogen) atoms. The monoisotopic (exact) mass is 154 g/mol. The Morgan fingerprint density at radius 2 is 2.36 bits per heavy atom. The van der Waals surface area contributed by atoms with Gasteiger partial charge in [0.1, 0.15) is 5.75 Å². The molecule has 1 aromatic heterocycles. The molecular weight excluding hydrogens is 140 g/mol. The lowest BCUT2D eigenvalue weighted by atomic mass is 10.4. The summed E-state index contributed by atoms with van der Waals surface area (Å²) >= 11 is 0. The molecule has 1 rings (SSSR count). The quantitative estimate of drug-likeness (QED) is 0.724. The van der Waals surface area contributed by atoms with Crippen LogP contribution in [0.1, 0.15) is 13.3 Å². The van der Waals surface area contributed by atoms with Crippen molar-refractivity contribution in [2.24, 2.45) is 0 Å². The average Bonchev–Trinajstić information content (AvgIpc) is 2.03. The highest BCUT2D eigenvalue weighted by Gasteiger charge is 1.87. The van der Waals surface area contributed by atoms with Crippen LogP contribution in [-0.4, -0.2) is 11.6 Å². The fourth-order valence-electron chi connectivity index (χ4n) is 0.652. The van der Waals surface area contributed by atoms with Crippen molar-refractivity contribution in [1.82, 2.24) is 11.1 Å². The molecule has 0 radical (unpaired) electrons. The first kappa shape index (κ1) is 9.91. The van der Waals surface area contributed by atoms with Crippen molar-refractivity contribution in [2.45, 2.75) is 13.3 Å². The summed E-state index contributed by atoms with van der Waals surface area (Å²) in [5.74, 6) is 0.851. The molecule has 0 aliphatic carbocycles. The second-order valence-electron chi connectivity index (χ2n) is 2.04. The highest BCUT2D eigenvalue weighted by Crippen LogP contribution is 2.05. The van der Waals surface area contributed by atoms with E-state index in [4.69, 9.17) is 4.74 Å². The van der Waals surface area contributed by atoms with Gasteiger partial charge < -0.3 is 10.9 Å². The molecule has 0 spiro atoms. The van der Waals surface area contributed by atoms with Gasteiger partial charge in [-0.2, -0.15) is 0 Å². The molecule has 3 heteroatoms. The lowest BCUT2D eigenvalue weighted by molar-refractivity contribution is 0.316. The molecule has 0 aliphatic rings. The maximum atomic E-state index is 5.29. The van der Waals surface area contributed by atoms with Gasteiger partial charge in [0.2, 0.25) is 0 Å². The van der Waals surface area contributed by atoms with E-state index in [0.717, 1.165) is 18.8 Å². The summed E-state index contributed by atoms with van der Waals surface area (Å²) < 4.78 is 5.29. The third-order valence-electron chi connectivity index (χ3n) is 1.11. The molecule has 0 fully saturated rings. The van der Waals surface area contributed by atoms with E-state index in [9.17, 15) is 0 Å². The summed E-state index contributed by atoms with van der Waals surface area (Å²) in [5.41, 5.74) is 0. The highest BCUT2D eigenvalue weighted by atomic mass is 16.5. The maximum Gasteiger partial charge on any atom is 0.137 e. The van der Waals surface area contributed by atoms with E-state index in [1.54, 1.807) is 12.4 Å². The van der Waals surface area contributed by atoms with Crippen molar-refractivity contribution >= 4 is 0 Å². The normalized spacial score (nSPS) is 8.45. The van der Waals surface area contributed by atoms with E-state index in [0.29, 0.717) is 0 Å². The van der Waals surface area contributed by atoms with Gasteiger partial charge in [0.05, 0.1) is 12.8 Å². The predicted molar refractivity (Wildman–Crippen MR) is 45.0 cm³/mol. The Hall–Kier alpha value is -1.09. The maximum absolute atomic E-state index is 5.29. The van der Waals surface area contributed by atoms with Crippen LogP contribution < -0.4 is 10.9 Å². The van der Waals surface area contributed by atoms with E-state index >= 15 is 0 Å². The molecule has 1 heterocycles. The van der Waals surface area contributed by atoms with Crippen LogP contribution in [0.2, 0.25) is 0 Å². The molecule has 0 atom stereocenters. The molecule has 62 valence electrons. The van der Waals surface area contributed by atoms with Gasteiger partial charge in [0, 0.05) is 6.20 Å². The van der Waals surface area contributed by atoms with Gasteiger partial charge >= 0.3 is 0 Å². The van der Waals surface area contributed by atoms with Crippen molar-refractivity contribution in [2.75, 3.05) is 6.61 Å². The Labute approximate surface area is 67.0 Å². The smallest absolute Gasteiger partial charge is 0.137 e. The Kier molecular flexibility index (Phi) is 5.11. The third-order valence-corrected chi connectivity index (χ3v) is 1.11. The van der Waals surface area contributed by atoms with Gasteiger partial charge in [-0.25, -0.2) is 0 Å². The van der Waals surface area contributed by atoms with Gasteiger partial charge in [-0.05, 0) is 18.6 Å². The number of ether oxygens (including phenoxy) is 1. The zero-order valence-corrected chi connectivity index (χ0v) is 6.79. The van der Waals surface area contributed by atoms with E-state index in [-0.39, 0.29) is 6.15 Å². The average molecular weight is 154 g/mol. The molecule has 3 nitrogen and oxygen atoms in total. The predicted octanol–water partition coefficient (Wildman–Crippen LogP) is 2.03. The number of rotatable bonds is 3. The van der Waals surface area contributed by atoms with Gasteiger partial charge in [-0.3, -0.25) is 4.98 Å². The zero-order chi connectivity index (χ0) is 7.23. The fourth-order valence-corrected chi connectivity index (χ4v) is 0.652. The van der Waals surface area contributed by atoms with Crippen molar-refractivity contribution in [3.8, 4) is 5.75 Å². The van der Waals surface area contributed by atoms with Crippen molar-refractivity contribution < 1.29 is 4.74 Å². The summed E-state index contributed by atoms with van der Waals surface area (Å²) in [4.78, 5) is 3.91. The van der Waals surface area contributed by atoms with Gasteiger partial charge in [0.15, 0.2) is 0 Å². The summed E-state index contributed by atoms with van der Waals surface area (Å²) in [7, 11) is 0. The molecule has 0 amide bonds. The first-order valence-electron chi connectivity index (χ1n) is 3.46. The lowest BCUT2D eigenvalue weighted by Crippen LogP contribution is -1.94. The van der Waals surface area contributed by atoms with E-state index < -0.39 is 0 Å². The standard InChI is InChI=1S/C8H11NO.H3N/c1-2-6-10-8-4-3-5-9-7-8;/h3-5,7H,2,6H2,1H3;1H3. The molecular formula is C8H14N2O. The number of hydrogen-bond acceptors (Lipinski definition) is 3. The second kappa shape index (κ2) is 5.68. The molecule has 0 saturated carbocycles. The van der Waals surface area contributed by atoms with Crippen molar-refractivity contribution in [1.29, 1.82) is 0 Å². The van der Waals surface area contributed by atoms with Crippen LogP contribution in [0.15, 0.2) is 24.5 Å². The molecule has 0 bridgehead atoms. The summed E-state index contributed by atoms with van der Waals surface area (Å²) in [6.45, 7) is 2.85. The Balaban J connectivity index is 0.000001000. The van der Waals surface area contributed by atoms with Crippen LogP contribution in [0.3, 0.4) is 0 Å². The van der Waals surface area contributed by atoms with Crippen LogP contribution in [0.5, 0.6) is 5.75 Å². The molecule has 0 unspecified atom stereocenters. The molecule has 0 aliphatic heterocycles. The minimum atomic E-state index is 0. The number of aromatic nitrogens is 1. The molecule has 0 saturated heterocycles. The number of pyridine rings is 1. The van der Waals surface area contributed by atoms with Crippen LogP contribution in [0.4, 0.5) is 0 Å². The van der Waals surface area contributed by atoms with Crippen LogP contribution >= 0.6 is 0 Å². The van der Waals surface area contributed by atoms with E-state index in [1.165, 1.54) is 0 Å². The largest absolute Gasteiger partial charge is 0.492 e. The van der Waals surface area contributed by atoms with Crippen LogP contribution in [-0.2, 0) is 0 Å². The highest BCUT2D eigenvalue weighted by molar-refractivity contribution is 5.15. The van der Waals surface area contributed by atoms with Crippen molar-refractivity contribution in [3.63, 3.8) is 0 Å². The first-order chi connectivity index (χ1) is 4.93. The zero-order valence-electron chi connectivity index (χ0n) is 6.79. The van der Waals surface area contributed by atoms with E-state index in [1.807, 2.05) is 12.1 Å². The topological polar surface area (TPSA) is 57.1 Å². The van der Waals surface area contributed by atoms with Crippen LogP contribution in [0, 0.1) is 0 Å². The lowest BCUT2D eigenvalue weighted by Gasteiger charge is -2.01.